The van der Waals surface area contributed by atoms with Crippen LogP contribution in [0, 0.1) is 0 Å². The highest BCUT2D eigenvalue weighted by atomic mass is 35.5. The highest BCUT2D eigenvalue weighted by Gasteiger charge is 2.12. The van der Waals surface area contributed by atoms with E-state index >= 15 is 0 Å². The summed E-state index contributed by atoms with van der Waals surface area (Å²) in [6.07, 6.45) is 0.801. The van der Waals surface area contributed by atoms with E-state index in [0.29, 0.717) is 0 Å². The zero-order valence-corrected chi connectivity index (χ0v) is 11.9. The molecule has 0 bridgehead atoms. The van der Waals surface area contributed by atoms with Gasteiger partial charge in [-0.2, -0.15) is 0 Å². The van der Waals surface area contributed by atoms with E-state index in [0.717, 1.165) is 22.8 Å². The molecule has 0 N–H and O–H groups in total. The van der Waals surface area contributed by atoms with Crippen molar-refractivity contribution < 1.29 is 9.47 Å². The zero-order chi connectivity index (χ0) is 13.0. The van der Waals surface area contributed by atoms with E-state index in [1.54, 1.807) is 25.6 Å². The molecule has 1 unspecified atom stereocenters. The molecule has 0 saturated carbocycles. The topological polar surface area (TPSA) is 18.5 Å². The van der Waals surface area contributed by atoms with Crippen LogP contribution >= 0.6 is 22.9 Å². The van der Waals surface area contributed by atoms with Gasteiger partial charge in [-0.3, -0.25) is 0 Å². The predicted octanol–water partition coefficient (Wildman–Crippen LogP) is 4.29. The summed E-state index contributed by atoms with van der Waals surface area (Å²) in [5, 5.41) is 1.95. The number of hydrogen-bond donors (Lipinski definition) is 0. The van der Waals surface area contributed by atoms with Gasteiger partial charge in [0.25, 0.3) is 0 Å². The van der Waals surface area contributed by atoms with E-state index in [4.69, 9.17) is 21.1 Å². The quantitative estimate of drug-likeness (QED) is 0.762. The second-order valence-electron chi connectivity index (χ2n) is 3.91. The SMILES string of the molecule is COc1ccc(CC(Cl)c2cc(OC)cs2)cc1. The van der Waals surface area contributed by atoms with Gasteiger partial charge in [-0.1, -0.05) is 12.1 Å². The van der Waals surface area contributed by atoms with E-state index in [1.165, 1.54) is 5.56 Å². The van der Waals surface area contributed by atoms with Gasteiger partial charge in [-0.05, 0) is 30.2 Å². The first-order chi connectivity index (χ1) is 8.72. The van der Waals surface area contributed by atoms with Crippen molar-refractivity contribution in [1.29, 1.82) is 0 Å². The largest absolute Gasteiger partial charge is 0.497 e. The van der Waals surface area contributed by atoms with Crippen LogP contribution in [0.15, 0.2) is 35.7 Å². The molecule has 1 aromatic heterocycles. The van der Waals surface area contributed by atoms with Crippen LogP contribution in [0.3, 0.4) is 0 Å². The first-order valence-electron chi connectivity index (χ1n) is 5.62. The molecule has 2 aromatic rings. The maximum absolute atomic E-state index is 6.41. The van der Waals surface area contributed by atoms with Crippen LogP contribution in [0.4, 0.5) is 0 Å². The van der Waals surface area contributed by atoms with Crippen molar-refractivity contribution in [2.75, 3.05) is 14.2 Å². The Balaban J connectivity index is 2.03. The molecule has 4 heteroatoms. The molecule has 0 saturated heterocycles. The molecule has 0 radical (unpaired) electrons. The molecule has 1 atom stereocenters. The third kappa shape index (κ3) is 3.18. The highest BCUT2D eigenvalue weighted by molar-refractivity contribution is 7.10. The van der Waals surface area contributed by atoms with Crippen molar-refractivity contribution >= 4 is 22.9 Å². The summed E-state index contributed by atoms with van der Waals surface area (Å²) in [6.45, 7) is 0. The van der Waals surface area contributed by atoms with Gasteiger partial charge in [-0.25, -0.2) is 0 Å². The van der Waals surface area contributed by atoms with Crippen LogP contribution in [-0.4, -0.2) is 14.2 Å². The van der Waals surface area contributed by atoms with Gasteiger partial charge in [0.05, 0.1) is 19.6 Å². The van der Waals surface area contributed by atoms with Crippen LogP contribution in [0.2, 0.25) is 0 Å². The second-order valence-corrected chi connectivity index (χ2v) is 5.38. The minimum atomic E-state index is -0.0210. The molecule has 96 valence electrons. The van der Waals surface area contributed by atoms with Crippen molar-refractivity contribution in [3.63, 3.8) is 0 Å². The highest BCUT2D eigenvalue weighted by Crippen LogP contribution is 2.33. The summed E-state index contributed by atoms with van der Waals surface area (Å²) in [5.41, 5.74) is 1.20. The Bertz CT molecular complexity index is 493. The number of halogens is 1. The Labute approximate surface area is 116 Å². The predicted molar refractivity (Wildman–Crippen MR) is 76.2 cm³/mol. The van der Waals surface area contributed by atoms with Gasteiger partial charge < -0.3 is 9.47 Å². The monoisotopic (exact) mass is 282 g/mol. The molecular weight excluding hydrogens is 268 g/mol. The summed E-state index contributed by atoms with van der Waals surface area (Å²) < 4.78 is 10.3. The fourth-order valence-corrected chi connectivity index (χ4v) is 2.90. The van der Waals surface area contributed by atoms with Crippen LogP contribution in [-0.2, 0) is 6.42 Å². The molecule has 0 spiro atoms. The number of hydrogen-bond acceptors (Lipinski definition) is 3. The van der Waals surface area contributed by atoms with Gasteiger partial charge >= 0.3 is 0 Å². The molecule has 0 aliphatic carbocycles. The fraction of sp³-hybridized carbons (Fsp3) is 0.286. The van der Waals surface area contributed by atoms with Gasteiger partial charge in [0.15, 0.2) is 0 Å². The zero-order valence-electron chi connectivity index (χ0n) is 10.4. The van der Waals surface area contributed by atoms with E-state index < -0.39 is 0 Å². The van der Waals surface area contributed by atoms with Gasteiger partial charge in [-0.15, -0.1) is 22.9 Å². The lowest BCUT2D eigenvalue weighted by Gasteiger charge is -2.08. The molecular formula is C14H15ClO2S. The normalized spacial score (nSPS) is 12.2. The lowest BCUT2D eigenvalue weighted by atomic mass is 10.1. The van der Waals surface area contributed by atoms with Crippen LogP contribution < -0.4 is 9.47 Å². The molecule has 1 aromatic carbocycles. The third-order valence-electron chi connectivity index (χ3n) is 2.71. The Morgan fingerprint density at radius 3 is 2.33 bits per heavy atom. The Kier molecular flexibility index (Phi) is 4.50. The van der Waals surface area contributed by atoms with Gasteiger partial charge in [0.2, 0.25) is 0 Å². The molecule has 18 heavy (non-hydrogen) atoms. The molecule has 0 aliphatic heterocycles. The van der Waals surface area contributed by atoms with Crippen molar-refractivity contribution in [2.45, 2.75) is 11.8 Å². The number of ether oxygens (including phenoxy) is 2. The summed E-state index contributed by atoms with van der Waals surface area (Å²) in [5.74, 6) is 1.73. The van der Waals surface area contributed by atoms with Crippen LogP contribution in [0.1, 0.15) is 15.8 Å². The number of benzene rings is 1. The summed E-state index contributed by atoms with van der Waals surface area (Å²) in [7, 11) is 3.33. The van der Waals surface area contributed by atoms with E-state index in [2.05, 4.69) is 0 Å². The molecule has 0 amide bonds. The third-order valence-corrected chi connectivity index (χ3v) is 4.26. The van der Waals surface area contributed by atoms with E-state index in [9.17, 15) is 0 Å². The van der Waals surface area contributed by atoms with E-state index in [1.807, 2.05) is 35.7 Å². The fourth-order valence-electron chi connectivity index (χ4n) is 1.67. The average Bonchev–Trinajstić information content (AvgIpc) is 2.88. The van der Waals surface area contributed by atoms with Crippen molar-refractivity contribution in [1.82, 2.24) is 0 Å². The van der Waals surface area contributed by atoms with Crippen molar-refractivity contribution in [3.05, 3.63) is 46.2 Å². The number of rotatable bonds is 5. The number of thiophene rings is 1. The minimum absolute atomic E-state index is 0.0210. The van der Waals surface area contributed by atoms with Crippen molar-refractivity contribution in [3.8, 4) is 11.5 Å². The van der Waals surface area contributed by atoms with Crippen LogP contribution in [0.25, 0.3) is 0 Å². The first-order valence-corrected chi connectivity index (χ1v) is 6.94. The maximum Gasteiger partial charge on any atom is 0.129 e. The molecule has 0 fully saturated rings. The summed E-state index contributed by atoms with van der Waals surface area (Å²) in [4.78, 5) is 1.13. The van der Waals surface area contributed by atoms with Crippen LogP contribution in [0.5, 0.6) is 11.5 Å². The van der Waals surface area contributed by atoms with Gasteiger partial charge in [0.1, 0.15) is 11.5 Å². The Morgan fingerprint density at radius 1 is 1.11 bits per heavy atom. The summed E-state index contributed by atoms with van der Waals surface area (Å²) in [6, 6.07) is 9.98. The number of alkyl halides is 1. The number of methoxy groups -OCH3 is 2. The first kappa shape index (κ1) is 13.2. The maximum atomic E-state index is 6.41. The molecule has 1 heterocycles. The molecule has 2 nitrogen and oxygen atoms in total. The smallest absolute Gasteiger partial charge is 0.129 e. The lowest BCUT2D eigenvalue weighted by molar-refractivity contribution is 0.414. The average molecular weight is 283 g/mol. The van der Waals surface area contributed by atoms with Crippen molar-refractivity contribution in [2.24, 2.45) is 0 Å². The minimum Gasteiger partial charge on any atom is -0.497 e. The lowest BCUT2D eigenvalue weighted by Crippen LogP contribution is -1.93. The second kappa shape index (κ2) is 6.12. The van der Waals surface area contributed by atoms with E-state index in [-0.39, 0.29) is 5.38 Å². The van der Waals surface area contributed by atoms with Gasteiger partial charge in [0, 0.05) is 10.3 Å². The Morgan fingerprint density at radius 2 is 1.78 bits per heavy atom. The summed E-state index contributed by atoms with van der Waals surface area (Å²) >= 11 is 8.04. The molecule has 2 rings (SSSR count). The molecule has 0 aliphatic rings. The standard InChI is InChI=1S/C14H15ClO2S/c1-16-11-5-3-10(4-6-11)7-13(15)14-8-12(17-2)9-18-14/h3-6,8-9,13H,7H2,1-2H3. The Hall–Kier alpha value is -1.19.